The lowest BCUT2D eigenvalue weighted by Gasteiger charge is -2.24. The second-order valence-electron chi connectivity index (χ2n) is 5.69. The zero-order chi connectivity index (χ0) is 18.4. The van der Waals surface area contributed by atoms with Crippen molar-refractivity contribution in [1.82, 2.24) is 9.97 Å². The summed E-state index contributed by atoms with van der Waals surface area (Å²) < 4.78 is 4.67. The van der Waals surface area contributed by atoms with Crippen LogP contribution in [0.4, 0.5) is 5.82 Å². The number of methoxy groups -OCH3 is 1. The second-order valence-corrected chi connectivity index (χ2v) is 6.04. The molecule has 0 aliphatic heterocycles. The predicted molar refractivity (Wildman–Crippen MR) is 101 cm³/mol. The van der Waals surface area contributed by atoms with Gasteiger partial charge in [-0.1, -0.05) is 72.3 Å². The highest BCUT2D eigenvalue weighted by Crippen LogP contribution is 2.21. The van der Waals surface area contributed by atoms with Crippen molar-refractivity contribution in [3.05, 3.63) is 88.8 Å². The average Bonchev–Trinajstić information content (AvgIpc) is 2.68. The van der Waals surface area contributed by atoms with Crippen molar-refractivity contribution in [2.75, 3.05) is 12.0 Å². The molecule has 3 aromatic rings. The fourth-order valence-corrected chi connectivity index (χ4v) is 2.78. The fraction of sp³-hybridized carbons (Fsp3) is 0.150. The van der Waals surface area contributed by atoms with Crippen LogP contribution in [0.3, 0.4) is 0 Å². The topological polar surface area (TPSA) is 55.3 Å². The summed E-state index contributed by atoms with van der Waals surface area (Å²) in [5, 5.41) is 0.0282. The molecule has 26 heavy (non-hydrogen) atoms. The molecule has 0 radical (unpaired) electrons. The van der Waals surface area contributed by atoms with Crippen molar-refractivity contribution >= 4 is 23.4 Å². The van der Waals surface area contributed by atoms with Gasteiger partial charge in [-0.15, -0.1) is 0 Å². The Labute approximate surface area is 157 Å². The second kappa shape index (κ2) is 8.45. The Morgan fingerprint density at radius 2 is 1.54 bits per heavy atom. The van der Waals surface area contributed by atoms with Gasteiger partial charge in [0.2, 0.25) is 0 Å². The van der Waals surface area contributed by atoms with Gasteiger partial charge in [-0.3, -0.25) is 0 Å². The zero-order valence-electron chi connectivity index (χ0n) is 14.3. The first-order valence-corrected chi connectivity index (χ1v) is 8.49. The van der Waals surface area contributed by atoms with Crippen LogP contribution < -0.4 is 4.90 Å². The molecular formula is C20H18ClN3O2. The van der Waals surface area contributed by atoms with Crippen molar-refractivity contribution in [1.29, 1.82) is 0 Å². The van der Waals surface area contributed by atoms with Crippen LogP contribution in [0.15, 0.2) is 66.9 Å². The molecule has 132 valence electrons. The molecule has 0 spiro atoms. The molecule has 6 heteroatoms. The number of esters is 1. The Morgan fingerprint density at radius 1 is 1.00 bits per heavy atom. The van der Waals surface area contributed by atoms with Gasteiger partial charge in [0.05, 0.1) is 13.3 Å². The van der Waals surface area contributed by atoms with Gasteiger partial charge < -0.3 is 9.64 Å². The van der Waals surface area contributed by atoms with Crippen LogP contribution in [-0.2, 0) is 17.8 Å². The SMILES string of the molecule is COC(=O)c1ncc(N(Cc2ccccc2)Cc2ccccc2)nc1Cl. The first-order valence-electron chi connectivity index (χ1n) is 8.11. The van der Waals surface area contributed by atoms with E-state index in [1.54, 1.807) is 6.20 Å². The van der Waals surface area contributed by atoms with Crippen LogP contribution >= 0.6 is 11.6 Å². The van der Waals surface area contributed by atoms with E-state index >= 15 is 0 Å². The van der Waals surface area contributed by atoms with Crippen molar-refractivity contribution < 1.29 is 9.53 Å². The highest BCUT2D eigenvalue weighted by atomic mass is 35.5. The van der Waals surface area contributed by atoms with Crippen LogP contribution in [0.25, 0.3) is 0 Å². The Kier molecular flexibility index (Phi) is 5.81. The van der Waals surface area contributed by atoms with E-state index in [2.05, 4.69) is 43.9 Å². The standard InChI is InChI=1S/C20H18ClN3O2/c1-26-20(25)18-19(21)23-17(12-22-18)24(13-15-8-4-2-5-9-15)14-16-10-6-3-7-11-16/h2-12H,13-14H2,1H3. The van der Waals surface area contributed by atoms with Crippen molar-refractivity contribution in [3.63, 3.8) is 0 Å². The number of hydrogen-bond acceptors (Lipinski definition) is 5. The number of carbonyl (C=O) groups is 1. The molecule has 0 fully saturated rings. The van der Waals surface area contributed by atoms with Crippen LogP contribution in [0.2, 0.25) is 5.15 Å². The van der Waals surface area contributed by atoms with E-state index < -0.39 is 5.97 Å². The number of benzene rings is 2. The maximum absolute atomic E-state index is 11.7. The van der Waals surface area contributed by atoms with Crippen LogP contribution in [0.5, 0.6) is 0 Å². The maximum atomic E-state index is 11.7. The summed E-state index contributed by atoms with van der Waals surface area (Å²) in [7, 11) is 1.28. The van der Waals surface area contributed by atoms with Gasteiger partial charge in [0.25, 0.3) is 0 Å². The van der Waals surface area contributed by atoms with Crippen molar-refractivity contribution in [2.24, 2.45) is 0 Å². The molecule has 0 saturated heterocycles. The third kappa shape index (κ3) is 4.37. The Bertz CT molecular complexity index is 831. The lowest BCUT2D eigenvalue weighted by atomic mass is 10.1. The molecular weight excluding hydrogens is 350 g/mol. The van der Waals surface area contributed by atoms with E-state index in [0.717, 1.165) is 11.1 Å². The summed E-state index contributed by atoms with van der Waals surface area (Å²) in [4.78, 5) is 22.2. The molecule has 0 bridgehead atoms. The van der Waals surface area contributed by atoms with Gasteiger partial charge in [-0.2, -0.15) is 0 Å². The van der Waals surface area contributed by atoms with Gasteiger partial charge in [0.15, 0.2) is 10.8 Å². The van der Waals surface area contributed by atoms with Gasteiger partial charge in [-0.05, 0) is 11.1 Å². The van der Waals surface area contributed by atoms with E-state index in [-0.39, 0.29) is 10.8 Å². The molecule has 0 amide bonds. The van der Waals surface area contributed by atoms with Gasteiger partial charge >= 0.3 is 5.97 Å². The van der Waals surface area contributed by atoms with Crippen LogP contribution in [0.1, 0.15) is 21.6 Å². The summed E-state index contributed by atoms with van der Waals surface area (Å²) in [6, 6.07) is 20.1. The van der Waals surface area contributed by atoms with Gasteiger partial charge in [0, 0.05) is 13.1 Å². The minimum absolute atomic E-state index is 0.0114. The normalized spacial score (nSPS) is 10.4. The predicted octanol–water partition coefficient (Wildman–Crippen LogP) is 4.12. The number of carbonyl (C=O) groups excluding carboxylic acids is 1. The number of hydrogen-bond donors (Lipinski definition) is 0. The number of nitrogens with zero attached hydrogens (tertiary/aromatic N) is 3. The molecule has 0 aliphatic carbocycles. The number of rotatable bonds is 6. The van der Waals surface area contributed by atoms with Crippen LogP contribution in [0, 0.1) is 0 Å². The molecule has 0 unspecified atom stereocenters. The van der Waals surface area contributed by atoms with Crippen molar-refractivity contribution in [3.8, 4) is 0 Å². The zero-order valence-corrected chi connectivity index (χ0v) is 15.1. The largest absolute Gasteiger partial charge is 0.464 e. The Morgan fingerprint density at radius 3 is 2.00 bits per heavy atom. The van der Waals surface area contributed by atoms with E-state index in [1.165, 1.54) is 7.11 Å². The lowest BCUT2D eigenvalue weighted by molar-refractivity contribution is 0.0593. The molecule has 2 aromatic carbocycles. The highest BCUT2D eigenvalue weighted by molar-refractivity contribution is 6.32. The molecule has 0 atom stereocenters. The molecule has 5 nitrogen and oxygen atoms in total. The van der Waals surface area contributed by atoms with Gasteiger partial charge in [0.1, 0.15) is 5.82 Å². The molecule has 0 aliphatic rings. The quantitative estimate of drug-likeness (QED) is 0.613. The molecule has 0 N–H and O–H groups in total. The lowest BCUT2D eigenvalue weighted by Crippen LogP contribution is -2.24. The van der Waals surface area contributed by atoms with Crippen LogP contribution in [-0.4, -0.2) is 23.0 Å². The van der Waals surface area contributed by atoms with E-state index in [9.17, 15) is 4.79 Å². The summed E-state index contributed by atoms with van der Waals surface area (Å²) in [6.07, 6.45) is 1.55. The average molecular weight is 368 g/mol. The molecule has 1 heterocycles. The summed E-state index contributed by atoms with van der Waals surface area (Å²) in [5.41, 5.74) is 2.29. The van der Waals surface area contributed by atoms with Gasteiger partial charge in [-0.25, -0.2) is 14.8 Å². The molecule has 1 aromatic heterocycles. The molecule has 3 rings (SSSR count). The van der Waals surface area contributed by atoms with E-state index in [0.29, 0.717) is 18.9 Å². The van der Waals surface area contributed by atoms with E-state index in [1.807, 2.05) is 36.4 Å². The minimum Gasteiger partial charge on any atom is -0.464 e. The molecule has 0 saturated carbocycles. The smallest absolute Gasteiger partial charge is 0.359 e. The first-order chi connectivity index (χ1) is 12.7. The first kappa shape index (κ1) is 17.9. The fourth-order valence-electron chi connectivity index (χ4n) is 2.57. The maximum Gasteiger partial charge on any atom is 0.359 e. The van der Waals surface area contributed by atoms with Crippen molar-refractivity contribution in [2.45, 2.75) is 13.1 Å². The Hall–Kier alpha value is -2.92. The monoisotopic (exact) mass is 367 g/mol. The van der Waals surface area contributed by atoms with E-state index in [4.69, 9.17) is 11.6 Å². The highest BCUT2D eigenvalue weighted by Gasteiger charge is 2.17. The summed E-state index contributed by atoms with van der Waals surface area (Å²) in [6.45, 7) is 1.27. The third-order valence-electron chi connectivity index (χ3n) is 3.85. The number of anilines is 1. The number of aromatic nitrogens is 2. The summed E-state index contributed by atoms with van der Waals surface area (Å²) >= 11 is 6.15. The third-order valence-corrected chi connectivity index (χ3v) is 4.12. The Balaban J connectivity index is 1.92. The minimum atomic E-state index is -0.605. The number of ether oxygens (including phenoxy) is 1. The summed E-state index contributed by atoms with van der Waals surface area (Å²) in [5.74, 6) is -0.0120. The number of halogens is 1.